The molecule has 0 aromatic carbocycles. The SMILES string of the molecule is CCCCC(C)(CC)CC.CCCCCCCC(C)C. The van der Waals surface area contributed by atoms with Crippen LogP contribution in [0.15, 0.2) is 0 Å². The number of hydrogen-bond acceptors (Lipinski definition) is 0. The Morgan fingerprint density at radius 2 is 1.20 bits per heavy atom. The zero-order chi connectivity index (χ0) is 15.9. The minimum atomic E-state index is 0.635. The summed E-state index contributed by atoms with van der Waals surface area (Å²) >= 11 is 0. The summed E-state index contributed by atoms with van der Waals surface area (Å²) in [5.74, 6) is 0.904. The van der Waals surface area contributed by atoms with Gasteiger partial charge in [0.05, 0.1) is 0 Å². The molecule has 0 nitrogen and oxygen atoms in total. The lowest BCUT2D eigenvalue weighted by atomic mass is 9.80. The quantitative estimate of drug-likeness (QED) is 0.337. The van der Waals surface area contributed by atoms with Crippen molar-refractivity contribution in [3.8, 4) is 0 Å². The number of unbranched alkanes of at least 4 members (excludes halogenated alkanes) is 5. The van der Waals surface area contributed by atoms with Gasteiger partial charge in [-0.15, -0.1) is 0 Å². The second-order valence-electron chi connectivity index (χ2n) is 7.22. The van der Waals surface area contributed by atoms with Crippen molar-refractivity contribution in [1.29, 1.82) is 0 Å². The highest BCUT2D eigenvalue weighted by molar-refractivity contribution is 4.69. The first-order chi connectivity index (χ1) is 9.45. The van der Waals surface area contributed by atoms with Crippen LogP contribution in [0.2, 0.25) is 0 Å². The summed E-state index contributed by atoms with van der Waals surface area (Å²) in [5.41, 5.74) is 0.635. The molecule has 0 saturated carbocycles. The van der Waals surface area contributed by atoms with Gasteiger partial charge in [-0.1, -0.05) is 113 Å². The van der Waals surface area contributed by atoms with Crippen molar-refractivity contribution in [2.75, 3.05) is 0 Å². The van der Waals surface area contributed by atoms with E-state index in [-0.39, 0.29) is 0 Å². The lowest BCUT2D eigenvalue weighted by molar-refractivity contribution is 0.265. The Labute approximate surface area is 131 Å². The minimum absolute atomic E-state index is 0.635. The normalized spacial score (nSPS) is 11.4. The molecule has 0 bridgehead atoms. The fourth-order valence-electron chi connectivity index (χ4n) is 2.36. The molecule has 0 aliphatic heterocycles. The first-order valence-electron chi connectivity index (χ1n) is 9.45. The highest BCUT2D eigenvalue weighted by Crippen LogP contribution is 2.31. The fourth-order valence-corrected chi connectivity index (χ4v) is 2.36. The average Bonchev–Trinajstić information content (AvgIpc) is 2.45. The van der Waals surface area contributed by atoms with E-state index in [1.54, 1.807) is 0 Å². The molecule has 0 heterocycles. The van der Waals surface area contributed by atoms with Crippen molar-refractivity contribution in [2.24, 2.45) is 11.3 Å². The summed E-state index contributed by atoms with van der Waals surface area (Å²) in [6, 6.07) is 0. The van der Waals surface area contributed by atoms with Crippen LogP contribution in [0.3, 0.4) is 0 Å². The van der Waals surface area contributed by atoms with Crippen LogP contribution in [-0.4, -0.2) is 0 Å². The summed E-state index contributed by atoms with van der Waals surface area (Å²) in [7, 11) is 0. The van der Waals surface area contributed by atoms with Crippen LogP contribution in [0.25, 0.3) is 0 Å². The third-order valence-corrected chi connectivity index (χ3v) is 4.73. The smallest absolute Gasteiger partial charge is 0.0331 e. The molecule has 0 aromatic rings. The maximum absolute atomic E-state index is 2.41. The molecule has 0 unspecified atom stereocenters. The van der Waals surface area contributed by atoms with Crippen LogP contribution in [0.1, 0.15) is 119 Å². The monoisotopic (exact) mass is 284 g/mol. The zero-order valence-corrected chi connectivity index (χ0v) is 15.9. The van der Waals surface area contributed by atoms with Gasteiger partial charge in [-0.05, 0) is 17.8 Å². The molecule has 0 saturated heterocycles. The predicted molar refractivity (Wildman–Crippen MR) is 96.4 cm³/mol. The summed E-state index contributed by atoms with van der Waals surface area (Å²) in [6.45, 7) is 16.2. The lowest BCUT2D eigenvalue weighted by Crippen LogP contribution is -2.12. The minimum Gasteiger partial charge on any atom is -0.0654 e. The van der Waals surface area contributed by atoms with Gasteiger partial charge in [-0.3, -0.25) is 0 Å². The molecule has 0 aromatic heterocycles. The van der Waals surface area contributed by atoms with Crippen LogP contribution in [0.5, 0.6) is 0 Å². The highest BCUT2D eigenvalue weighted by atomic mass is 14.2. The van der Waals surface area contributed by atoms with E-state index in [1.165, 1.54) is 70.6 Å². The van der Waals surface area contributed by atoms with Crippen LogP contribution >= 0.6 is 0 Å². The molecule has 0 aliphatic carbocycles. The van der Waals surface area contributed by atoms with Gasteiger partial charge < -0.3 is 0 Å². The molecule has 0 rings (SSSR count). The first-order valence-corrected chi connectivity index (χ1v) is 9.45. The van der Waals surface area contributed by atoms with Gasteiger partial charge in [0.15, 0.2) is 0 Å². The number of rotatable bonds is 11. The highest BCUT2D eigenvalue weighted by Gasteiger charge is 2.17. The van der Waals surface area contributed by atoms with E-state index in [0.29, 0.717) is 5.41 Å². The van der Waals surface area contributed by atoms with Gasteiger partial charge in [-0.25, -0.2) is 0 Å². The summed E-state index contributed by atoms with van der Waals surface area (Å²) in [5, 5.41) is 0. The van der Waals surface area contributed by atoms with Crippen molar-refractivity contribution in [2.45, 2.75) is 119 Å². The summed E-state index contributed by atoms with van der Waals surface area (Å²) in [4.78, 5) is 0. The molecule has 0 heteroatoms. The van der Waals surface area contributed by atoms with Crippen molar-refractivity contribution < 1.29 is 0 Å². The topological polar surface area (TPSA) is 0 Å². The van der Waals surface area contributed by atoms with Crippen LogP contribution in [0.4, 0.5) is 0 Å². The predicted octanol–water partition coefficient (Wildman–Crippen LogP) is 8.01. The Kier molecular flexibility index (Phi) is 17.1. The maximum Gasteiger partial charge on any atom is -0.0331 e. The second-order valence-corrected chi connectivity index (χ2v) is 7.22. The fraction of sp³-hybridized carbons (Fsp3) is 1.00. The number of hydrogen-bond donors (Lipinski definition) is 0. The molecule has 0 N–H and O–H groups in total. The third kappa shape index (κ3) is 16.1. The van der Waals surface area contributed by atoms with Gasteiger partial charge in [0.25, 0.3) is 0 Å². The Morgan fingerprint density at radius 1 is 0.700 bits per heavy atom. The third-order valence-electron chi connectivity index (χ3n) is 4.73. The van der Waals surface area contributed by atoms with Crippen molar-refractivity contribution in [3.63, 3.8) is 0 Å². The molecule has 0 fully saturated rings. The van der Waals surface area contributed by atoms with Crippen LogP contribution in [0, 0.1) is 11.3 Å². The zero-order valence-electron chi connectivity index (χ0n) is 15.9. The molecule has 0 amide bonds. The summed E-state index contributed by atoms with van der Waals surface area (Å²) in [6.07, 6.45) is 15.4. The Morgan fingerprint density at radius 3 is 1.60 bits per heavy atom. The van der Waals surface area contributed by atoms with E-state index >= 15 is 0 Å². The molecule has 0 spiro atoms. The molecule has 0 aliphatic rings. The molecule has 0 atom stereocenters. The maximum atomic E-state index is 2.41. The van der Waals surface area contributed by atoms with E-state index in [1.807, 2.05) is 0 Å². The molecule has 124 valence electrons. The van der Waals surface area contributed by atoms with E-state index in [4.69, 9.17) is 0 Å². The van der Waals surface area contributed by atoms with E-state index < -0.39 is 0 Å². The van der Waals surface area contributed by atoms with E-state index in [9.17, 15) is 0 Å². The van der Waals surface area contributed by atoms with Crippen molar-refractivity contribution in [3.05, 3.63) is 0 Å². The van der Waals surface area contributed by atoms with Gasteiger partial charge in [-0.2, -0.15) is 0 Å². The van der Waals surface area contributed by atoms with E-state index in [0.717, 1.165) is 5.92 Å². The van der Waals surface area contributed by atoms with Crippen LogP contribution < -0.4 is 0 Å². The molecular weight excluding hydrogens is 240 g/mol. The molecule has 20 heavy (non-hydrogen) atoms. The van der Waals surface area contributed by atoms with Gasteiger partial charge in [0.1, 0.15) is 0 Å². The Hall–Kier alpha value is 0. The Balaban J connectivity index is 0. The second kappa shape index (κ2) is 15.4. The van der Waals surface area contributed by atoms with E-state index in [2.05, 4.69) is 48.5 Å². The largest absolute Gasteiger partial charge is 0.0654 e. The first kappa shape index (κ1) is 22.3. The van der Waals surface area contributed by atoms with Gasteiger partial charge in [0.2, 0.25) is 0 Å². The average molecular weight is 285 g/mol. The Bertz CT molecular complexity index is 165. The summed E-state index contributed by atoms with van der Waals surface area (Å²) < 4.78 is 0. The van der Waals surface area contributed by atoms with Crippen molar-refractivity contribution >= 4 is 0 Å². The van der Waals surface area contributed by atoms with Gasteiger partial charge in [0, 0.05) is 0 Å². The lowest BCUT2D eigenvalue weighted by Gasteiger charge is -2.26. The standard InChI is InChI=1S/2C10H22/c1-5-8-9-10(4,6-2)7-3;1-4-5-6-7-8-9-10(2)3/h5-9H2,1-4H3;10H,4-9H2,1-3H3. The molecular formula is C20H44. The molecule has 0 radical (unpaired) electrons. The van der Waals surface area contributed by atoms with Crippen LogP contribution in [-0.2, 0) is 0 Å². The van der Waals surface area contributed by atoms with Crippen molar-refractivity contribution in [1.82, 2.24) is 0 Å². The van der Waals surface area contributed by atoms with Gasteiger partial charge >= 0.3 is 0 Å².